The monoisotopic (exact) mass is 312 g/mol. The molecule has 0 aliphatic carbocycles. The van der Waals surface area contributed by atoms with Crippen LogP contribution in [0.1, 0.15) is 22.8 Å². The van der Waals surface area contributed by atoms with Crippen molar-refractivity contribution in [3.05, 3.63) is 53.6 Å². The van der Waals surface area contributed by atoms with E-state index in [0.717, 1.165) is 16.1 Å². The Kier molecular flexibility index (Phi) is 3.90. The fraction of sp³-hybridized carbons (Fsp3) is 0.176. The summed E-state index contributed by atoms with van der Waals surface area (Å²) in [6.07, 6.45) is 0. The first kappa shape index (κ1) is 14.7. The van der Waals surface area contributed by atoms with Crippen LogP contribution in [0.15, 0.2) is 47.4 Å². The molecule has 2 aromatic rings. The summed E-state index contributed by atoms with van der Waals surface area (Å²) in [6.45, 7) is 3.86. The van der Waals surface area contributed by atoms with Crippen LogP contribution in [-0.2, 0) is 4.79 Å². The number of hydrogen-bond donors (Lipinski definition) is 2. The topological polar surface area (TPSA) is 58.2 Å². The van der Waals surface area contributed by atoms with E-state index in [1.54, 1.807) is 12.1 Å². The summed E-state index contributed by atoms with van der Waals surface area (Å²) in [5, 5.41) is 5.58. The zero-order chi connectivity index (χ0) is 15.7. The number of hydrogen-bond acceptors (Lipinski definition) is 3. The van der Waals surface area contributed by atoms with Gasteiger partial charge in [0.15, 0.2) is 0 Å². The molecule has 2 amide bonds. The molecule has 1 heterocycles. The summed E-state index contributed by atoms with van der Waals surface area (Å²) in [6, 6.07) is 13.0. The van der Waals surface area contributed by atoms with Crippen molar-refractivity contribution in [3.63, 3.8) is 0 Å². The second-order valence-corrected chi connectivity index (χ2v) is 6.66. The zero-order valence-electron chi connectivity index (χ0n) is 12.3. The predicted octanol–water partition coefficient (Wildman–Crippen LogP) is 3.68. The van der Waals surface area contributed by atoms with Crippen molar-refractivity contribution in [1.29, 1.82) is 0 Å². The Hall–Kier alpha value is -2.27. The average Bonchev–Trinajstić information content (AvgIpc) is 2.50. The van der Waals surface area contributed by atoms with Gasteiger partial charge in [0, 0.05) is 16.1 Å². The first-order valence-corrected chi connectivity index (χ1v) is 7.90. The summed E-state index contributed by atoms with van der Waals surface area (Å²) in [5.74, 6) is -0.224. The normalized spacial score (nSPS) is 16.6. The van der Waals surface area contributed by atoms with Crippen molar-refractivity contribution in [2.45, 2.75) is 24.0 Å². The number of nitrogens with one attached hydrogen (secondary N) is 2. The Bertz CT molecular complexity index is 741. The fourth-order valence-corrected chi connectivity index (χ4v) is 3.12. The molecule has 1 aliphatic heterocycles. The number of benzene rings is 2. The van der Waals surface area contributed by atoms with Gasteiger partial charge in [-0.25, -0.2) is 0 Å². The summed E-state index contributed by atoms with van der Waals surface area (Å²) in [7, 11) is 0. The first-order valence-electron chi connectivity index (χ1n) is 7.02. The lowest BCUT2D eigenvalue weighted by atomic mass is 10.1. The third kappa shape index (κ3) is 2.99. The summed E-state index contributed by atoms with van der Waals surface area (Å²) in [4.78, 5) is 25.0. The molecule has 0 bridgehead atoms. The molecule has 0 saturated carbocycles. The van der Waals surface area contributed by atoms with Crippen LogP contribution >= 0.6 is 11.8 Å². The minimum Gasteiger partial charge on any atom is -0.324 e. The summed E-state index contributed by atoms with van der Waals surface area (Å²) >= 11 is 1.50. The Balaban J connectivity index is 1.80. The molecule has 0 saturated heterocycles. The number of fused-ring (bicyclic) bond motifs is 1. The maximum Gasteiger partial charge on any atom is 0.255 e. The molecular formula is C17H16N2O2S. The van der Waals surface area contributed by atoms with E-state index in [-0.39, 0.29) is 17.1 Å². The number of amides is 2. The average molecular weight is 312 g/mol. The Labute approximate surface area is 133 Å². The van der Waals surface area contributed by atoms with E-state index in [0.29, 0.717) is 11.3 Å². The van der Waals surface area contributed by atoms with Crippen molar-refractivity contribution < 1.29 is 9.59 Å². The van der Waals surface area contributed by atoms with Gasteiger partial charge in [-0.15, -0.1) is 11.8 Å². The van der Waals surface area contributed by atoms with Crippen molar-refractivity contribution in [2.24, 2.45) is 0 Å². The number of carbonyl (C=O) groups excluding carboxylic acids is 2. The Morgan fingerprint density at radius 1 is 1.18 bits per heavy atom. The number of aryl methyl sites for hydroxylation is 1. The molecule has 112 valence electrons. The van der Waals surface area contributed by atoms with Crippen molar-refractivity contribution in [1.82, 2.24) is 0 Å². The van der Waals surface area contributed by atoms with E-state index in [4.69, 9.17) is 0 Å². The molecule has 5 heteroatoms. The first-order chi connectivity index (χ1) is 10.5. The van der Waals surface area contributed by atoms with Gasteiger partial charge in [0.2, 0.25) is 5.91 Å². The van der Waals surface area contributed by atoms with Gasteiger partial charge in [-0.3, -0.25) is 9.59 Å². The van der Waals surface area contributed by atoms with Crippen LogP contribution < -0.4 is 10.6 Å². The van der Waals surface area contributed by atoms with Crippen LogP contribution in [0.3, 0.4) is 0 Å². The van der Waals surface area contributed by atoms with Crippen LogP contribution in [0, 0.1) is 6.92 Å². The van der Waals surface area contributed by atoms with Crippen LogP contribution in [0.2, 0.25) is 0 Å². The third-order valence-corrected chi connectivity index (χ3v) is 4.66. The molecule has 0 radical (unpaired) electrons. The fourth-order valence-electron chi connectivity index (χ4n) is 2.19. The van der Waals surface area contributed by atoms with Gasteiger partial charge in [0.05, 0.1) is 10.9 Å². The van der Waals surface area contributed by atoms with Crippen LogP contribution in [0.4, 0.5) is 11.4 Å². The highest BCUT2D eigenvalue weighted by molar-refractivity contribution is 8.00. The Morgan fingerprint density at radius 3 is 2.64 bits per heavy atom. The highest BCUT2D eigenvalue weighted by Crippen LogP contribution is 2.36. The molecule has 22 heavy (non-hydrogen) atoms. The van der Waals surface area contributed by atoms with Gasteiger partial charge in [-0.2, -0.15) is 0 Å². The van der Waals surface area contributed by atoms with Crippen LogP contribution in [0.25, 0.3) is 0 Å². The van der Waals surface area contributed by atoms with Gasteiger partial charge in [0.25, 0.3) is 5.91 Å². The second kappa shape index (κ2) is 5.85. The molecule has 0 spiro atoms. The minimum absolute atomic E-state index is 0.0337. The second-order valence-electron chi connectivity index (χ2n) is 5.28. The van der Waals surface area contributed by atoms with E-state index < -0.39 is 0 Å². The smallest absolute Gasteiger partial charge is 0.255 e. The van der Waals surface area contributed by atoms with Gasteiger partial charge in [-0.1, -0.05) is 17.7 Å². The molecule has 4 nitrogen and oxygen atoms in total. The van der Waals surface area contributed by atoms with E-state index >= 15 is 0 Å². The highest BCUT2D eigenvalue weighted by atomic mass is 32.2. The van der Waals surface area contributed by atoms with E-state index in [1.807, 2.05) is 44.2 Å². The highest BCUT2D eigenvalue weighted by Gasteiger charge is 2.23. The molecule has 2 aromatic carbocycles. The van der Waals surface area contributed by atoms with Crippen molar-refractivity contribution in [2.75, 3.05) is 10.6 Å². The minimum atomic E-state index is -0.190. The zero-order valence-corrected chi connectivity index (χ0v) is 13.2. The number of carbonyl (C=O) groups is 2. The molecule has 0 fully saturated rings. The number of rotatable bonds is 2. The number of thioether (sulfide) groups is 1. The lowest BCUT2D eigenvalue weighted by Gasteiger charge is -2.21. The SMILES string of the molecule is Cc1ccc(NC(=O)c2ccc3c(c2)NC(=O)[C@H](C)S3)cc1. The summed E-state index contributed by atoms with van der Waals surface area (Å²) < 4.78 is 0. The largest absolute Gasteiger partial charge is 0.324 e. The van der Waals surface area contributed by atoms with Gasteiger partial charge in [0.1, 0.15) is 0 Å². The van der Waals surface area contributed by atoms with E-state index in [2.05, 4.69) is 10.6 Å². The molecular weight excluding hydrogens is 296 g/mol. The maximum absolute atomic E-state index is 12.3. The molecule has 1 aliphatic rings. The summed E-state index contributed by atoms with van der Waals surface area (Å²) in [5.41, 5.74) is 3.11. The van der Waals surface area contributed by atoms with Gasteiger partial charge >= 0.3 is 0 Å². The number of anilines is 2. The van der Waals surface area contributed by atoms with Crippen LogP contribution in [-0.4, -0.2) is 17.1 Å². The molecule has 0 aromatic heterocycles. The maximum atomic E-state index is 12.3. The molecule has 3 rings (SSSR count). The van der Waals surface area contributed by atoms with Gasteiger partial charge in [-0.05, 0) is 44.2 Å². The molecule has 1 atom stereocenters. The van der Waals surface area contributed by atoms with Crippen molar-refractivity contribution >= 4 is 35.0 Å². The lowest BCUT2D eigenvalue weighted by molar-refractivity contribution is -0.115. The lowest BCUT2D eigenvalue weighted by Crippen LogP contribution is -2.26. The molecule has 0 unspecified atom stereocenters. The van der Waals surface area contributed by atoms with E-state index in [1.165, 1.54) is 11.8 Å². The quantitative estimate of drug-likeness (QED) is 0.889. The predicted molar refractivity (Wildman–Crippen MR) is 89.5 cm³/mol. The molecule has 2 N–H and O–H groups in total. The third-order valence-electron chi connectivity index (χ3n) is 3.48. The van der Waals surface area contributed by atoms with Crippen LogP contribution in [0.5, 0.6) is 0 Å². The van der Waals surface area contributed by atoms with Crippen molar-refractivity contribution in [3.8, 4) is 0 Å². The van der Waals surface area contributed by atoms with Gasteiger partial charge < -0.3 is 10.6 Å². The van der Waals surface area contributed by atoms with E-state index in [9.17, 15) is 9.59 Å². The Morgan fingerprint density at radius 2 is 1.91 bits per heavy atom. The standard InChI is InChI=1S/C17H16N2O2S/c1-10-3-6-13(7-4-10)18-17(21)12-5-8-15-14(9-12)19-16(20)11(2)22-15/h3-9,11H,1-2H3,(H,18,21)(H,19,20)/t11-/m0/s1.